The minimum absolute atomic E-state index is 0.248. The van der Waals surface area contributed by atoms with E-state index in [1.54, 1.807) is 33.8 Å². The molecule has 0 bridgehead atoms. The molecule has 1 amide bonds. The topological polar surface area (TPSA) is 111 Å². The van der Waals surface area contributed by atoms with Gasteiger partial charge in [0.2, 0.25) is 0 Å². The molecule has 2 aromatic rings. The van der Waals surface area contributed by atoms with E-state index < -0.39 is 9.84 Å². The van der Waals surface area contributed by atoms with Crippen LogP contribution in [0.5, 0.6) is 0 Å². The molecule has 1 saturated heterocycles. The molecule has 0 atom stereocenters. The van der Waals surface area contributed by atoms with E-state index >= 15 is 0 Å². The highest BCUT2D eigenvalue weighted by atomic mass is 32.2. The molecule has 2 heterocycles. The number of hydrogen-bond acceptors (Lipinski definition) is 8. The summed E-state index contributed by atoms with van der Waals surface area (Å²) in [6.45, 7) is 7.71. The summed E-state index contributed by atoms with van der Waals surface area (Å²) in [6.07, 6.45) is 1.74. The summed E-state index contributed by atoms with van der Waals surface area (Å²) < 4.78 is 30.2. The number of ether oxygens (including phenoxy) is 1. The molecule has 1 aromatic heterocycles. The molecule has 0 N–H and O–H groups in total. The van der Waals surface area contributed by atoms with E-state index in [0.29, 0.717) is 50.2 Å². The molecule has 164 valence electrons. The van der Waals surface area contributed by atoms with E-state index in [1.807, 2.05) is 13.8 Å². The van der Waals surface area contributed by atoms with Gasteiger partial charge in [0.05, 0.1) is 23.7 Å². The average molecular weight is 437 g/mol. The summed E-state index contributed by atoms with van der Waals surface area (Å²) in [5, 5.41) is 12.0. The van der Waals surface area contributed by atoms with Gasteiger partial charge in [0, 0.05) is 32.4 Å². The van der Waals surface area contributed by atoms with Crippen LogP contribution in [0.15, 0.2) is 29.2 Å². The smallest absolute Gasteiger partial charge is 0.409 e. The molecular weight excluding hydrogens is 408 g/mol. The van der Waals surface area contributed by atoms with Crippen molar-refractivity contribution in [2.75, 3.05) is 39.0 Å². The van der Waals surface area contributed by atoms with Gasteiger partial charge < -0.3 is 9.64 Å². The maximum absolute atomic E-state index is 12.2. The maximum Gasteiger partial charge on any atom is 0.409 e. The maximum atomic E-state index is 12.2. The Labute approximate surface area is 176 Å². The third kappa shape index (κ3) is 5.76. The highest BCUT2D eigenvalue weighted by molar-refractivity contribution is 7.90. The normalized spacial score (nSPS) is 15.9. The summed E-state index contributed by atoms with van der Waals surface area (Å²) in [5.41, 5.74) is 0.691. The van der Waals surface area contributed by atoms with Crippen molar-refractivity contribution in [3.8, 4) is 5.69 Å². The van der Waals surface area contributed by atoms with Crippen LogP contribution in [-0.4, -0.2) is 83.6 Å². The van der Waals surface area contributed by atoms with Crippen LogP contribution in [0.4, 0.5) is 4.79 Å². The van der Waals surface area contributed by atoms with E-state index in [0.717, 1.165) is 13.0 Å². The van der Waals surface area contributed by atoms with Crippen LogP contribution in [0.25, 0.3) is 5.69 Å². The quantitative estimate of drug-likeness (QED) is 0.668. The number of hydrogen-bond donors (Lipinski definition) is 0. The molecular formula is C19H28N6O4S. The standard InChI is InChI=1S/C19H28N6O4S/c1-15(2)14-29-19(26)24-10-4-9-23(11-12-24)13-18-20-21-22-25(18)16-5-7-17(8-6-16)30(3,27)28/h5-8,15H,4,9-14H2,1-3H3. The van der Waals surface area contributed by atoms with Crippen molar-refractivity contribution >= 4 is 15.9 Å². The van der Waals surface area contributed by atoms with Crippen LogP contribution in [0, 0.1) is 5.92 Å². The molecule has 0 radical (unpaired) electrons. The molecule has 1 aromatic carbocycles. The van der Waals surface area contributed by atoms with Crippen molar-refractivity contribution in [3.63, 3.8) is 0 Å². The zero-order valence-electron chi connectivity index (χ0n) is 17.6. The molecule has 1 aliphatic heterocycles. The van der Waals surface area contributed by atoms with E-state index in [-0.39, 0.29) is 11.0 Å². The van der Waals surface area contributed by atoms with Crippen LogP contribution in [0.3, 0.4) is 0 Å². The zero-order chi connectivity index (χ0) is 21.7. The van der Waals surface area contributed by atoms with Crippen LogP contribution < -0.4 is 0 Å². The van der Waals surface area contributed by atoms with Crippen molar-refractivity contribution in [3.05, 3.63) is 30.1 Å². The van der Waals surface area contributed by atoms with Crippen LogP contribution in [0.1, 0.15) is 26.1 Å². The van der Waals surface area contributed by atoms with Crippen molar-refractivity contribution in [2.24, 2.45) is 5.92 Å². The van der Waals surface area contributed by atoms with Gasteiger partial charge in [-0.3, -0.25) is 4.90 Å². The summed E-state index contributed by atoms with van der Waals surface area (Å²) in [7, 11) is -3.26. The van der Waals surface area contributed by atoms with Crippen molar-refractivity contribution in [1.29, 1.82) is 0 Å². The van der Waals surface area contributed by atoms with Crippen LogP contribution >= 0.6 is 0 Å². The minimum Gasteiger partial charge on any atom is -0.449 e. The molecule has 10 nitrogen and oxygen atoms in total. The summed E-state index contributed by atoms with van der Waals surface area (Å²) >= 11 is 0. The van der Waals surface area contributed by atoms with E-state index in [2.05, 4.69) is 20.4 Å². The number of amides is 1. The lowest BCUT2D eigenvalue weighted by Gasteiger charge is -2.21. The number of carbonyl (C=O) groups excluding carboxylic acids is 1. The van der Waals surface area contributed by atoms with Gasteiger partial charge in [0.1, 0.15) is 0 Å². The minimum atomic E-state index is -3.26. The van der Waals surface area contributed by atoms with Gasteiger partial charge >= 0.3 is 6.09 Å². The number of carbonyl (C=O) groups is 1. The molecule has 3 rings (SSSR count). The highest BCUT2D eigenvalue weighted by Gasteiger charge is 2.22. The number of nitrogens with zero attached hydrogens (tertiary/aromatic N) is 6. The van der Waals surface area contributed by atoms with Crippen molar-refractivity contribution in [1.82, 2.24) is 30.0 Å². The van der Waals surface area contributed by atoms with E-state index in [9.17, 15) is 13.2 Å². The predicted octanol–water partition coefficient (Wildman–Crippen LogP) is 1.37. The molecule has 11 heteroatoms. The van der Waals surface area contributed by atoms with Crippen LogP contribution in [-0.2, 0) is 21.1 Å². The molecule has 0 spiro atoms. The van der Waals surface area contributed by atoms with E-state index in [1.165, 1.54) is 6.26 Å². The van der Waals surface area contributed by atoms with Gasteiger partial charge in [-0.15, -0.1) is 5.10 Å². The Balaban J connectivity index is 1.63. The molecule has 0 saturated carbocycles. The van der Waals surface area contributed by atoms with Gasteiger partial charge in [0.25, 0.3) is 0 Å². The fourth-order valence-corrected chi connectivity index (χ4v) is 3.81. The van der Waals surface area contributed by atoms with Crippen molar-refractivity contribution < 1.29 is 17.9 Å². The SMILES string of the molecule is CC(C)COC(=O)N1CCCN(Cc2nnnn2-c2ccc(S(C)(=O)=O)cc2)CC1. The first-order valence-electron chi connectivity index (χ1n) is 9.96. The average Bonchev–Trinajstić information content (AvgIpc) is 3.02. The Hall–Kier alpha value is -2.53. The van der Waals surface area contributed by atoms with E-state index in [4.69, 9.17) is 4.74 Å². The van der Waals surface area contributed by atoms with Gasteiger partial charge in [0.15, 0.2) is 15.7 Å². The Kier molecular flexibility index (Phi) is 7.03. The number of benzene rings is 1. The molecule has 1 aliphatic rings. The largest absolute Gasteiger partial charge is 0.449 e. The lowest BCUT2D eigenvalue weighted by molar-refractivity contribution is 0.0929. The number of tetrazole rings is 1. The van der Waals surface area contributed by atoms with Gasteiger partial charge in [-0.05, 0) is 47.0 Å². The van der Waals surface area contributed by atoms with Crippen LogP contribution in [0.2, 0.25) is 0 Å². The fourth-order valence-electron chi connectivity index (χ4n) is 3.18. The fraction of sp³-hybridized carbons (Fsp3) is 0.579. The summed E-state index contributed by atoms with van der Waals surface area (Å²) in [4.78, 5) is 16.4. The van der Waals surface area contributed by atoms with Gasteiger partial charge in [-0.1, -0.05) is 13.8 Å². The van der Waals surface area contributed by atoms with Gasteiger partial charge in [-0.2, -0.15) is 4.68 Å². The lowest BCUT2D eigenvalue weighted by atomic mass is 10.2. The molecule has 0 aliphatic carbocycles. The Morgan fingerprint density at radius 2 is 1.87 bits per heavy atom. The first-order valence-corrected chi connectivity index (χ1v) is 11.8. The number of sulfone groups is 1. The Morgan fingerprint density at radius 1 is 1.13 bits per heavy atom. The predicted molar refractivity (Wildman–Crippen MR) is 110 cm³/mol. The molecule has 1 fully saturated rings. The molecule has 30 heavy (non-hydrogen) atoms. The molecule has 0 unspecified atom stereocenters. The third-order valence-corrected chi connectivity index (χ3v) is 5.92. The lowest BCUT2D eigenvalue weighted by Crippen LogP contribution is -2.36. The zero-order valence-corrected chi connectivity index (χ0v) is 18.4. The first-order chi connectivity index (χ1) is 14.2. The number of rotatable bonds is 6. The second-order valence-electron chi connectivity index (χ2n) is 7.86. The number of aromatic nitrogens is 4. The third-order valence-electron chi connectivity index (χ3n) is 4.80. The second kappa shape index (κ2) is 9.52. The van der Waals surface area contributed by atoms with Crippen molar-refractivity contribution in [2.45, 2.75) is 31.7 Å². The highest BCUT2D eigenvalue weighted by Crippen LogP contribution is 2.15. The first kappa shape index (κ1) is 22.2. The summed E-state index contributed by atoms with van der Waals surface area (Å²) in [6, 6.07) is 6.46. The Morgan fingerprint density at radius 3 is 2.53 bits per heavy atom. The van der Waals surface area contributed by atoms with Gasteiger partial charge in [-0.25, -0.2) is 13.2 Å². The Bertz CT molecular complexity index is 958. The summed E-state index contributed by atoms with van der Waals surface area (Å²) in [5.74, 6) is 0.959. The monoisotopic (exact) mass is 436 g/mol. The second-order valence-corrected chi connectivity index (χ2v) is 9.88.